The molecule has 0 heterocycles. The van der Waals surface area contributed by atoms with Crippen molar-refractivity contribution >= 4 is 17.3 Å². The van der Waals surface area contributed by atoms with Crippen LogP contribution in [-0.4, -0.2) is 20.1 Å². The molecule has 0 aromatic heterocycles. The first-order valence-electron chi connectivity index (χ1n) is 5.38. The molecule has 0 spiro atoms. The summed E-state index contributed by atoms with van der Waals surface area (Å²) in [7, 11) is 1.98. The number of unbranched alkanes of at least 4 members (excludes halogenated alkanes) is 1. The second-order valence-corrected chi connectivity index (χ2v) is 4.13. The van der Waals surface area contributed by atoms with Gasteiger partial charge in [-0.15, -0.1) is 0 Å². The third-order valence-corrected chi connectivity index (χ3v) is 2.59. The van der Waals surface area contributed by atoms with Crippen molar-refractivity contribution in [3.63, 3.8) is 0 Å². The molecule has 1 aromatic rings. The Bertz CT molecular complexity index is 300. The van der Waals surface area contributed by atoms with Crippen molar-refractivity contribution in [1.82, 2.24) is 5.32 Å². The van der Waals surface area contributed by atoms with Gasteiger partial charge in [-0.3, -0.25) is 0 Å². The normalized spacial score (nSPS) is 10.3. The van der Waals surface area contributed by atoms with Crippen LogP contribution in [0.1, 0.15) is 18.4 Å². The van der Waals surface area contributed by atoms with Crippen molar-refractivity contribution in [2.45, 2.75) is 19.8 Å². The topological polar surface area (TPSA) is 24.1 Å². The van der Waals surface area contributed by atoms with Gasteiger partial charge in [0.2, 0.25) is 0 Å². The van der Waals surface area contributed by atoms with Gasteiger partial charge in [-0.2, -0.15) is 0 Å². The first-order valence-corrected chi connectivity index (χ1v) is 5.76. The molecule has 0 aliphatic rings. The smallest absolute Gasteiger partial charge is 0.0410 e. The Morgan fingerprint density at radius 3 is 2.60 bits per heavy atom. The number of aryl methyl sites for hydroxylation is 1. The molecule has 15 heavy (non-hydrogen) atoms. The Morgan fingerprint density at radius 1 is 1.20 bits per heavy atom. The van der Waals surface area contributed by atoms with E-state index >= 15 is 0 Å². The first-order chi connectivity index (χ1) is 7.24. The van der Waals surface area contributed by atoms with Crippen LogP contribution in [0, 0.1) is 6.92 Å². The lowest BCUT2D eigenvalue weighted by molar-refractivity contribution is 0.694. The van der Waals surface area contributed by atoms with Crippen molar-refractivity contribution in [1.29, 1.82) is 0 Å². The second kappa shape index (κ2) is 6.70. The number of nitrogens with one attached hydrogen (secondary N) is 2. The first kappa shape index (κ1) is 12.3. The van der Waals surface area contributed by atoms with Crippen molar-refractivity contribution < 1.29 is 0 Å². The Labute approximate surface area is 97.0 Å². The third kappa shape index (κ3) is 4.54. The molecule has 0 unspecified atom stereocenters. The van der Waals surface area contributed by atoms with Crippen molar-refractivity contribution in [3.05, 3.63) is 28.8 Å². The highest BCUT2D eigenvalue weighted by Crippen LogP contribution is 2.19. The Morgan fingerprint density at radius 2 is 1.93 bits per heavy atom. The highest BCUT2D eigenvalue weighted by atomic mass is 35.5. The predicted octanol–water partition coefficient (Wildman–Crippen LogP) is 3.06. The maximum absolute atomic E-state index is 5.88. The van der Waals surface area contributed by atoms with Crippen LogP contribution in [0.4, 0.5) is 5.69 Å². The Balaban J connectivity index is 2.31. The monoisotopic (exact) mass is 226 g/mol. The lowest BCUT2D eigenvalue weighted by atomic mass is 10.2. The predicted molar refractivity (Wildman–Crippen MR) is 67.8 cm³/mol. The van der Waals surface area contributed by atoms with E-state index in [1.54, 1.807) is 0 Å². The molecule has 1 aromatic carbocycles. The van der Waals surface area contributed by atoms with Crippen LogP contribution in [0.5, 0.6) is 0 Å². The Kier molecular flexibility index (Phi) is 5.51. The standard InChI is InChI=1S/C12H19ClN2/c1-10-9-11(13)5-6-12(10)15-8-4-3-7-14-2/h5-6,9,14-15H,3-4,7-8H2,1-2H3. The minimum absolute atomic E-state index is 0.799. The van der Waals surface area contributed by atoms with Crippen LogP contribution >= 0.6 is 11.6 Å². The molecule has 2 nitrogen and oxygen atoms in total. The fourth-order valence-electron chi connectivity index (χ4n) is 1.48. The van der Waals surface area contributed by atoms with Gasteiger partial charge >= 0.3 is 0 Å². The number of hydrogen-bond acceptors (Lipinski definition) is 2. The van der Waals surface area contributed by atoms with Crippen molar-refractivity contribution in [3.8, 4) is 0 Å². The quantitative estimate of drug-likeness (QED) is 0.729. The molecule has 0 saturated heterocycles. The molecule has 0 aliphatic carbocycles. The second-order valence-electron chi connectivity index (χ2n) is 3.70. The molecule has 2 N–H and O–H groups in total. The van der Waals surface area contributed by atoms with Crippen LogP contribution in [0.25, 0.3) is 0 Å². The number of rotatable bonds is 6. The van der Waals surface area contributed by atoms with Gasteiger partial charge in [0, 0.05) is 17.3 Å². The van der Waals surface area contributed by atoms with E-state index in [4.69, 9.17) is 11.6 Å². The molecule has 0 bridgehead atoms. The SMILES string of the molecule is CNCCCCNc1ccc(Cl)cc1C. The molecule has 1 rings (SSSR count). The van der Waals surface area contributed by atoms with E-state index in [1.165, 1.54) is 24.1 Å². The highest BCUT2D eigenvalue weighted by molar-refractivity contribution is 6.30. The summed E-state index contributed by atoms with van der Waals surface area (Å²) < 4.78 is 0. The maximum atomic E-state index is 5.88. The minimum Gasteiger partial charge on any atom is -0.385 e. The molecule has 0 fully saturated rings. The minimum atomic E-state index is 0.799. The summed E-state index contributed by atoms with van der Waals surface area (Å²) in [5.41, 5.74) is 2.39. The van der Waals surface area contributed by atoms with E-state index in [2.05, 4.69) is 17.6 Å². The van der Waals surface area contributed by atoms with Gasteiger partial charge in [0.25, 0.3) is 0 Å². The zero-order valence-electron chi connectivity index (χ0n) is 9.44. The van der Waals surface area contributed by atoms with Crippen molar-refractivity contribution in [2.75, 3.05) is 25.5 Å². The summed E-state index contributed by atoms with van der Waals surface area (Å²) in [6, 6.07) is 5.94. The summed E-state index contributed by atoms with van der Waals surface area (Å²) in [6.07, 6.45) is 2.39. The van der Waals surface area contributed by atoms with Crippen LogP contribution < -0.4 is 10.6 Å². The highest BCUT2D eigenvalue weighted by Gasteiger charge is 1.97. The summed E-state index contributed by atoms with van der Waals surface area (Å²) in [5, 5.41) is 7.35. The van der Waals surface area contributed by atoms with Crippen LogP contribution in [-0.2, 0) is 0 Å². The fourth-order valence-corrected chi connectivity index (χ4v) is 1.70. The van der Waals surface area contributed by atoms with E-state index in [1.807, 2.05) is 25.2 Å². The molecule has 0 radical (unpaired) electrons. The van der Waals surface area contributed by atoms with Gasteiger partial charge in [-0.05, 0) is 57.1 Å². The van der Waals surface area contributed by atoms with Crippen molar-refractivity contribution in [2.24, 2.45) is 0 Å². The number of benzene rings is 1. The van der Waals surface area contributed by atoms with Gasteiger partial charge < -0.3 is 10.6 Å². The molecule has 0 aliphatic heterocycles. The van der Waals surface area contributed by atoms with Crippen LogP contribution in [0.15, 0.2) is 18.2 Å². The van der Waals surface area contributed by atoms with Gasteiger partial charge in [0.05, 0.1) is 0 Å². The molecule has 3 heteroatoms. The van der Waals surface area contributed by atoms with Crippen LogP contribution in [0.2, 0.25) is 5.02 Å². The maximum Gasteiger partial charge on any atom is 0.0410 e. The lowest BCUT2D eigenvalue weighted by Gasteiger charge is -2.09. The van der Waals surface area contributed by atoms with E-state index in [-0.39, 0.29) is 0 Å². The molecule has 0 amide bonds. The molecular weight excluding hydrogens is 208 g/mol. The van der Waals surface area contributed by atoms with E-state index in [0.717, 1.165) is 18.1 Å². The summed E-state index contributed by atoms with van der Waals surface area (Å²) in [5.74, 6) is 0. The fraction of sp³-hybridized carbons (Fsp3) is 0.500. The largest absolute Gasteiger partial charge is 0.385 e. The van der Waals surface area contributed by atoms with E-state index in [0.29, 0.717) is 0 Å². The zero-order valence-corrected chi connectivity index (χ0v) is 10.2. The molecule has 0 saturated carbocycles. The van der Waals surface area contributed by atoms with Gasteiger partial charge in [0.15, 0.2) is 0 Å². The number of halogens is 1. The number of anilines is 1. The summed E-state index contributed by atoms with van der Waals surface area (Å²) >= 11 is 5.88. The lowest BCUT2D eigenvalue weighted by Crippen LogP contribution is -2.10. The molecular formula is C12H19ClN2. The third-order valence-electron chi connectivity index (χ3n) is 2.36. The molecule has 84 valence electrons. The summed E-state index contributed by atoms with van der Waals surface area (Å²) in [6.45, 7) is 4.17. The average Bonchev–Trinajstić information content (AvgIpc) is 2.20. The Hall–Kier alpha value is -0.730. The van der Waals surface area contributed by atoms with E-state index < -0.39 is 0 Å². The average molecular weight is 227 g/mol. The number of hydrogen-bond donors (Lipinski definition) is 2. The zero-order chi connectivity index (χ0) is 11.1. The van der Waals surface area contributed by atoms with Gasteiger partial charge in [-0.1, -0.05) is 11.6 Å². The van der Waals surface area contributed by atoms with Gasteiger partial charge in [-0.25, -0.2) is 0 Å². The molecule has 0 atom stereocenters. The van der Waals surface area contributed by atoms with Crippen LogP contribution in [0.3, 0.4) is 0 Å². The van der Waals surface area contributed by atoms with Gasteiger partial charge in [0.1, 0.15) is 0 Å². The summed E-state index contributed by atoms with van der Waals surface area (Å²) in [4.78, 5) is 0. The van der Waals surface area contributed by atoms with E-state index in [9.17, 15) is 0 Å².